The highest BCUT2D eigenvalue weighted by atomic mass is 32.1. The van der Waals surface area contributed by atoms with Gasteiger partial charge in [-0.1, -0.05) is 0 Å². The third-order valence-corrected chi connectivity index (χ3v) is 6.78. The summed E-state index contributed by atoms with van der Waals surface area (Å²) in [5.74, 6) is 0.780. The Kier molecular flexibility index (Phi) is 6.05. The second-order valence-electron chi connectivity index (χ2n) is 7.32. The summed E-state index contributed by atoms with van der Waals surface area (Å²) in [6, 6.07) is -0.0747. The van der Waals surface area contributed by atoms with E-state index in [1.165, 1.54) is 11.3 Å². The van der Waals surface area contributed by atoms with Crippen LogP contribution in [0.3, 0.4) is 0 Å². The Morgan fingerprint density at radius 3 is 2.96 bits per heavy atom. The number of ether oxygens (including phenoxy) is 1. The van der Waals surface area contributed by atoms with Gasteiger partial charge in [-0.05, 0) is 25.3 Å². The lowest BCUT2D eigenvalue weighted by Gasteiger charge is -2.26. The van der Waals surface area contributed by atoms with Crippen molar-refractivity contribution >= 4 is 33.3 Å². The van der Waals surface area contributed by atoms with Gasteiger partial charge in [0.15, 0.2) is 0 Å². The number of hydrogen-bond donors (Lipinski definition) is 2. The number of aliphatic hydroxyl groups is 1. The number of morpholine rings is 1. The summed E-state index contributed by atoms with van der Waals surface area (Å²) in [5, 5.41) is 13.9. The van der Waals surface area contributed by atoms with Gasteiger partial charge in [0, 0.05) is 32.7 Å². The molecule has 2 aromatic heterocycles. The van der Waals surface area contributed by atoms with Crippen molar-refractivity contribution in [3.8, 4) is 0 Å². The molecule has 1 amide bonds. The standard InChI is InChI=1S/C19H27N5O3S/c1-13-15-17(20-4-6-23-7-9-27-10-8-23)21-12-22-18(15)28-16(13)19(26)24-5-2-3-14(24)11-25/h12,14,25H,2-11H2,1H3,(H,20,21,22)/t14-/m0/s1. The first kappa shape index (κ1) is 19.5. The normalized spacial score (nSPS) is 20.8. The van der Waals surface area contributed by atoms with Crippen molar-refractivity contribution in [3.63, 3.8) is 0 Å². The van der Waals surface area contributed by atoms with Gasteiger partial charge in [-0.2, -0.15) is 0 Å². The number of thiophene rings is 1. The first-order chi connectivity index (χ1) is 13.7. The van der Waals surface area contributed by atoms with E-state index in [1.807, 2.05) is 6.92 Å². The molecule has 8 nitrogen and oxygen atoms in total. The lowest BCUT2D eigenvalue weighted by molar-refractivity contribution is 0.0398. The summed E-state index contributed by atoms with van der Waals surface area (Å²) in [6.07, 6.45) is 3.35. The van der Waals surface area contributed by atoms with Crippen LogP contribution in [0.1, 0.15) is 28.1 Å². The number of carbonyl (C=O) groups excluding carboxylic acids is 1. The number of rotatable bonds is 6. The second kappa shape index (κ2) is 8.69. The lowest BCUT2D eigenvalue weighted by Crippen LogP contribution is -2.39. The van der Waals surface area contributed by atoms with Crippen LogP contribution in [0, 0.1) is 6.92 Å². The number of aliphatic hydroxyl groups excluding tert-OH is 1. The highest BCUT2D eigenvalue weighted by molar-refractivity contribution is 7.20. The fourth-order valence-corrected chi connectivity index (χ4v) is 5.09. The fraction of sp³-hybridized carbons (Fsp3) is 0.632. The van der Waals surface area contributed by atoms with Crippen LogP contribution in [0.2, 0.25) is 0 Å². The van der Waals surface area contributed by atoms with Crippen molar-refractivity contribution < 1.29 is 14.6 Å². The number of fused-ring (bicyclic) bond motifs is 1. The van der Waals surface area contributed by atoms with E-state index >= 15 is 0 Å². The van der Waals surface area contributed by atoms with Crippen LogP contribution in [0.25, 0.3) is 10.2 Å². The van der Waals surface area contributed by atoms with E-state index < -0.39 is 0 Å². The summed E-state index contributed by atoms with van der Waals surface area (Å²) < 4.78 is 5.39. The van der Waals surface area contributed by atoms with Crippen LogP contribution in [0.4, 0.5) is 5.82 Å². The second-order valence-corrected chi connectivity index (χ2v) is 8.32. The summed E-state index contributed by atoms with van der Waals surface area (Å²) >= 11 is 1.42. The molecule has 2 aliphatic rings. The molecule has 152 valence electrons. The van der Waals surface area contributed by atoms with Crippen LogP contribution < -0.4 is 5.32 Å². The van der Waals surface area contributed by atoms with Crippen LogP contribution >= 0.6 is 11.3 Å². The maximum Gasteiger partial charge on any atom is 0.264 e. The predicted octanol–water partition coefficient (Wildman–Crippen LogP) is 1.34. The van der Waals surface area contributed by atoms with Crippen LogP contribution in [0.5, 0.6) is 0 Å². The average molecular weight is 406 g/mol. The van der Waals surface area contributed by atoms with Crippen molar-refractivity contribution in [2.24, 2.45) is 0 Å². The average Bonchev–Trinajstić information content (AvgIpc) is 3.33. The van der Waals surface area contributed by atoms with Gasteiger partial charge in [0.1, 0.15) is 17.0 Å². The van der Waals surface area contributed by atoms with Crippen molar-refractivity contribution in [3.05, 3.63) is 16.8 Å². The molecule has 2 aromatic rings. The molecule has 0 aliphatic carbocycles. The Balaban J connectivity index is 1.52. The van der Waals surface area contributed by atoms with Gasteiger partial charge < -0.3 is 20.1 Å². The summed E-state index contributed by atoms with van der Waals surface area (Å²) in [6.45, 7) is 7.89. The Labute approximate surface area is 168 Å². The van der Waals surface area contributed by atoms with Gasteiger partial charge >= 0.3 is 0 Å². The van der Waals surface area contributed by atoms with Crippen molar-refractivity contribution in [1.82, 2.24) is 19.8 Å². The Bertz CT molecular complexity index is 836. The van der Waals surface area contributed by atoms with Gasteiger partial charge in [0.05, 0.1) is 36.1 Å². The first-order valence-corrected chi connectivity index (χ1v) is 10.7. The molecular weight excluding hydrogens is 378 g/mol. The smallest absolute Gasteiger partial charge is 0.264 e. The number of aromatic nitrogens is 2. The fourth-order valence-electron chi connectivity index (χ4n) is 3.99. The van der Waals surface area contributed by atoms with Crippen molar-refractivity contribution in [2.45, 2.75) is 25.8 Å². The van der Waals surface area contributed by atoms with Crippen molar-refractivity contribution in [2.75, 3.05) is 57.9 Å². The summed E-state index contributed by atoms with van der Waals surface area (Å²) in [7, 11) is 0. The molecule has 0 unspecified atom stereocenters. The quantitative estimate of drug-likeness (QED) is 0.749. The molecule has 2 aliphatic heterocycles. The zero-order valence-electron chi connectivity index (χ0n) is 16.2. The van der Waals surface area contributed by atoms with E-state index in [0.717, 1.165) is 73.8 Å². The number of anilines is 1. The van der Waals surface area contributed by atoms with Crippen LogP contribution in [-0.2, 0) is 4.74 Å². The first-order valence-electron chi connectivity index (χ1n) is 9.89. The predicted molar refractivity (Wildman–Crippen MR) is 109 cm³/mol. The number of hydrogen-bond acceptors (Lipinski definition) is 8. The maximum absolute atomic E-state index is 13.1. The van der Waals surface area contributed by atoms with Crippen LogP contribution in [0.15, 0.2) is 6.33 Å². The zero-order chi connectivity index (χ0) is 19.5. The number of nitrogens with zero attached hydrogens (tertiary/aromatic N) is 4. The minimum Gasteiger partial charge on any atom is -0.394 e. The Morgan fingerprint density at radius 2 is 2.18 bits per heavy atom. The molecule has 1 atom stereocenters. The van der Waals surface area contributed by atoms with Gasteiger partial charge in [-0.25, -0.2) is 9.97 Å². The van der Waals surface area contributed by atoms with Gasteiger partial charge in [-0.3, -0.25) is 9.69 Å². The largest absolute Gasteiger partial charge is 0.394 e. The zero-order valence-corrected chi connectivity index (χ0v) is 17.0. The molecule has 4 heterocycles. The topological polar surface area (TPSA) is 90.8 Å². The third-order valence-electron chi connectivity index (χ3n) is 5.59. The van der Waals surface area contributed by atoms with E-state index in [-0.39, 0.29) is 18.6 Å². The lowest BCUT2D eigenvalue weighted by atomic mass is 10.1. The molecule has 0 aromatic carbocycles. The van der Waals surface area contributed by atoms with Gasteiger partial charge in [0.2, 0.25) is 0 Å². The molecule has 2 saturated heterocycles. The molecule has 9 heteroatoms. The van der Waals surface area contributed by atoms with E-state index in [4.69, 9.17) is 4.74 Å². The molecule has 4 rings (SSSR count). The minimum absolute atomic E-state index is 0.00341. The van der Waals surface area contributed by atoms with E-state index in [2.05, 4.69) is 20.2 Å². The minimum atomic E-state index is -0.0747. The number of likely N-dealkylation sites (tertiary alicyclic amines) is 1. The van der Waals surface area contributed by atoms with Crippen LogP contribution in [-0.4, -0.2) is 89.4 Å². The monoisotopic (exact) mass is 405 g/mol. The Morgan fingerprint density at radius 1 is 1.36 bits per heavy atom. The maximum atomic E-state index is 13.1. The third kappa shape index (κ3) is 3.84. The van der Waals surface area contributed by atoms with E-state index in [1.54, 1.807) is 11.2 Å². The number of carbonyl (C=O) groups is 1. The SMILES string of the molecule is Cc1c(C(=O)N2CCC[C@H]2CO)sc2ncnc(NCCN3CCOCC3)c12. The molecule has 2 fully saturated rings. The molecular formula is C19H27N5O3S. The molecule has 0 saturated carbocycles. The van der Waals surface area contributed by atoms with Gasteiger partial charge in [-0.15, -0.1) is 11.3 Å². The van der Waals surface area contributed by atoms with Crippen molar-refractivity contribution in [1.29, 1.82) is 0 Å². The van der Waals surface area contributed by atoms with Gasteiger partial charge in [0.25, 0.3) is 5.91 Å². The molecule has 0 bridgehead atoms. The number of nitrogens with one attached hydrogen (secondary N) is 1. The molecule has 0 radical (unpaired) electrons. The van der Waals surface area contributed by atoms with E-state index in [9.17, 15) is 9.90 Å². The highest BCUT2D eigenvalue weighted by Gasteiger charge is 2.31. The summed E-state index contributed by atoms with van der Waals surface area (Å²) in [4.78, 5) is 27.6. The molecule has 0 spiro atoms. The van der Waals surface area contributed by atoms with E-state index in [0.29, 0.717) is 11.4 Å². The highest BCUT2D eigenvalue weighted by Crippen LogP contribution is 2.35. The number of aryl methyl sites for hydroxylation is 1. The molecule has 2 N–H and O–H groups in total. The molecule has 28 heavy (non-hydrogen) atoms. The summed E-state index contributed by atoms with van der Waals surface area (Å²) in [5.41, 5.74) is 0.920. The Hall–Kier alpha value is -1.81. The number of amides is 1.